The maximum atomic E-state index is 12.4. The number of ether oxygens (including phenoxy) is 1. The van der Waals surface area contributed by atoms with Gasteiger partial charge in [-0.3, -0.25) is 9.69 Å². The van der Waals surface area contributed by atoms with Crippen molar-refractivity contribution in [3.8, 4) is 5.88 Å². The molecule has 0 spiro atoms. The van der Waals surface area contributed by atoms with E-state index in [0.717, 1.165) is 25.1 Å². The summed E-state index contributed by atoms with van der Waals surface area (Å²) in [6, 6.07) is 10.6. The van der Waals surface area contributed by atoms with Crippen LogP contribution in [0.25, 0.3) is 0 Å². The van der Waals surface area contributed by atoms with E-state index in [2.05, 4.69) is 51.3 Å². The number of benzene rings is 1. The number of carbonyl (C=O) groups excluding carboxylic acids is 1. The third-order valence-electron chi connectivity index (χ3n) is 6.85. The second kappa shape index (κ2) is 8.98. The molecule has 0 bridgehead atoms. The lowest BCUT2D eigenvalue weighted by molar-refractivity contribution is -0.115. The standard InChI is InChI=1S/C25H33N5O2/c1-17-7-8-20(11-17)32-23-13-21-24(25(26)28-23)27-22(31)16-30(21)15-19-6-4-5-18(12-19)14-29-9-2-3-10-29/h4-6,12-13,17,20H,2-3,7-11,14-16H2,1H3,(H2,26,28)(H,27,31). The second-order valence-corrected chi connectivity index (χ2v) is 9.61. The van der Waals surface area contributed by atoms with Gasteiger partial charge in [0, 0.05) is 19.2 Å². The van der Waals surface area contributed by atoms with Crippen molar-refractivity contribution in [2.24, 2.45) is 5.92 Å². The fourth-order valence-electron chi connectivity index (χ4n) is 5.22. The van der Waals surface area contributed by atoms with Crippen molar-refractivity contribution in [1.82, 2.24) is 9.88 Å². The van der Waals surface area contributed by atoms with Gasteiger partial charge >= 0.3 is 0 Å². The molecule has 170 valence electrons. The number of nitrogens with zero attached hydrogens (tertiary/aromatic N) is 3. The summed E-state index contributed by atoms with van der Waals surface area (Å²) in [5, 5.41) is 2.90. The molecule has 3 N–H and O–H groups in total. The molecule has 5 rings (SSSR count). The van der Waals surface area contributed by atoms with Crippen LogP contribution in [0, 0.1) is 5.92 Å². The number of nitrogens with two attached hydrogens (primary N) is 1. The van der Waals surface area contributed by atoms with Gasteiger partial charge in [-0.1, -0.05) is 31.2 Å². The van der Waals surface area contributed by atoms with Gasteiger partial charge in [0.1, 0.15) is 11.8 Å². The van der Waals surface area contributed by atoms with Crippen LogP contribution in [-0.4, -0.2) is 41.5 Å². The van der Waals surface area contributed by atoms with E-state index in [-0.39, 0.29) is 18.6 Å². The Balaban J connectivity index is 1.36. The van der Waals surface area contributed by atoms with Crippen molar-refractivity contribution in [2.75, 3.05) is 35.6 Å². The van der Waals surface area contributed by atoms with E-state index in [1.54, 1.807) is 0 Å². The molecule has 7 nitrogen and oxygen atoms in total. The first-order valence-corrected chi connectivity index (χ1v) is 11.9. The number of nitrogen functional groups attached to an aromatic ring is 1. The highest BCUT2D eigenvalue weighted by molar-refractivity contribution is 6.04. The van der Waals surface area contributed by atoms with Crippen molar-refractivity contribution < 1.29 is 9.53 Å². The lowest BCUT2D eigenvalue weighted by Crippen LogP contribution is -2.38. The highest BCUT2D eigenvalue weighted by atomic mass is 16.5. The summed E-state index contributed by atoms with van der Waals surface area (Å²) in [6.45, 7) is 6.52. The number of fused-ring (bicyclic) bond motifs is 1. The molecule has 7 heteroatoms. The van der Waals surface area contributed by atoms with Crippen LogP contribution < -0.4 is 20.7 Å². The fraction of sp³-hybridized carbons (Fsp3) is 0.520. The summed E-state index contributed by atoms with van der Waals surface area (Å²) in [7, 11) is 0. The Kier molecular flexibility index (Phi) is 5.91. The number of pyridine rings is 1. The molecule has 2 fully saturated rings. The van der Waals surface area contributed by atoms with Gasteiger partial charge in [0.2, 0.25) is 11.8 Å². The van der Waals surface area contributed by atoms with Gasteiger partial charge < -0.3 is 20.7 Å². The molecular formula is C25H33N5O2. The maximum Gasteiger partial charge on any atom is 0.244 e. The minimum absolute atomic E-state index is 0.0718. The molecule has 1 aliphatic carbocycles. The predicted molar refractivity (Wildman–Crippen MR) is 127 cm³/mol. The number of nitrogens with one attached hydrogen (secondary N) is 1. The second-order valence-electron chi connectivity index (χ2n) is 9.61. The summed E-state index contributed by atoms with van der Waals surface area (Å²) in [5.41, 5.74) is 10.2. The number of rotatable bonds is 6. The summed E-state index contributed by atoms with van der Waals surface area (Å²) >= 11 is 0. The third-order valence-corrected chi connectivity index (χ3v) is 6.85. The number of likely N-dealkylation sites (tertiary alicyclic amines) is 1. The highest BCUT2D eigenvalue weighted by Crippen LogP contribution is 2.38. The molecule has 2 aromatic rings. The normalized spacial score (nSPS) is 23.3. The smallest absolute Gasteiger partial charge is 0.244 e. The minimum atomic E-state index is -0.0718. The van der Waals surface area contributed by atoms with Gasteiger partial charge in [0.05, 0.1) is 12.2 Å². The Labute approximate surface area is 189 Å². The number of amides is 1. The summed E-state index contributed by atoms with van der Waals surface area (Å²) in [4.78, 5) is 21.4. The van der Waals surface area contributed by atoms with E-state index >= 15 is 0 Å². The Morgan fingerprint density at radius 2 is 1.94 bits per heavy atom. The zero-order valence-electron chi connectivity index (χ0n) is 18.8. The van der Waals surface area contributed by atoms with Crippen LogP contribution >= 0.6 is 0 Å². The number of hydrogen-bond donors (Lipinski definition) is 2. The average molecular weight is 436 g/mol. The van der Waals surface area contributed by atoms with E-state index in [0.29, 0.717) is 29.8 Å². The number of aromatic nitrogens is 1. The molecule has 3 heterocycles. The lowest BCUT2D eigenvalue weighted by Gasteiger charge is -2.32. The van der Waals surface area contributed by atoms with E-state index in [4.69, 9.17) is 10.5 Å². The Bertz CT molecular complexity index is 988. The quantitative estimate of drug-likeness (QED) is 0.718. The van der Waals surface area contributed by atoms with Gasteiger partial charge in [-0.25, -0.2) is 0 Å². The Hall–Kier alpha value is -2.80. The summed E-state index contributed by atoms with van der Waals surface area (Å²) in [5.74, 6) is 1.46. The van der Waals surface area contributed by atoms with Crippen LogP contribution in [0.3, 0.4) is 0 Å². The lowest BCUT2D eigenvalue weighted by atomic mass is 10.1. The predicted octanol–water partition coefficient (Wildman–Crippen LogP) is 3.79. The van der Waals surface area contributed by atoms with Crippen LogP contribution in [0.4, 0.5) is 17.2 Å². The van der Waals surface area contributed by atoms with E-state index in [1.165, 1.54) is 43.5 Å². The monoisotopic (exact) mass is 435 g/mol. The summed E-state index contributed by atoms with van der Waals surface area (Å²) < 4.78 is 6.18. The van der Waals surface area contributed by atoms with Crippen LogP contribution in [0.5, 0.6) is 5.88 Å². The molecule has 1 saturated heterocycles. The highest BCUT2D eigenvalue weighted by Gasteiger charge is 2.28. The molecule has 1 saturated carbocycles. The fourth-order valence-corrected chi connectivity index (χ4v) is 5.22. The average Bonchev–Trinajstić information content (AvgIpc) is 3.41. The first-order chi connectivity index (χ1) is 15.5. The Morgan fingerprint density at radius 1 is 1.16 bits per heavy atom. The van der Waals surface area contributed by atoms with E-state index in [9.17, 15) is 4.79 Å². The van der Waals surface area contributed by atoms with Gasteiger partial charge in [-0.15, -0.1) is 0 Å². The van der Waals surface area contributed by atoms with Crippen LogP contribution in [0.2, 0.25) is 0 Å². The van der Waals surface area contributed by atoms with Crippen molar-refractivity contribution >= 4 is 23.1 Å². The van der Waals surface area contributed by atoms with Gasteiger partial charge in [-0.2, -0.15) is 4.98 Å². The first kappa shape index (κ1) is 21.1. The molecule has 1 amide bonds. The molecule has 3 aliphatic rings. The largest absolute Gasteiger partial charge is 0.474 e. The van der Waals surface area contributed by atoms with Crippen molar-refractivity contribution in [3.05, 3.63) is 41.5 Å². The van der Waals surface area contributed by atoms with Crippen molar-refractivity contribution in [3.63, 3.8) is 0 Å². The van der Waals surface area contributed by atoms with Crippen LogP contribution in [0.15, 0.2) is 30.3 Å². The SMILES string of the molecule is CC1CCC(Oc2cc3c(c(N)n2)NC(=O)CN3Cc2cccc(CN3CCCC3)c2)C1. The minimum Gasteiger partial charge on any atom is -0.474 e. The zero-order valence-corrected chi connectivity index (χ0v) is 18.8. The topological polar surface area (TPSA) is 83.7 Å². The van der Waals surface area contributed by atoms with Crippen LogP contribution in [0.1, 0.15) is 50.2 Å². The molecule has 1 aromatic heterocycles. The van der Waals surface area contributed by atoms with Crippen LogP contribution in [-0.2, 0) is 17.9 Å². The molecule has 2 atom stereocenters. The van der Waals surface area contributed by atoms with E-state index in [1.807, 2.05) is 6.07 Å². The third kappa shape index (κ3) is 4.67. The van der Waals surface area contributed by atoms with Gasteiger partial charge in [0.25, 0.3) is 0 Å². The molecule has 2 aliphatic heterocycles. The molecule has 32 heavy (non-hydrogen) atoms. The zero-order chi connectivity index (χ0) is 22.1. The number of anilines is 3. The summed E-state index contributed by atoms with van der Waals surface area (Å²) in [6.07, 6.45) is 6.04. The Morgan fingerprint density at radius 3 is 2.69 bits per heavy atom. The van der Waals surface area contributed by atoms with Crippen molar-refractivity contribution in [2.45, 2.75) is 58.2 Å². The maximum absolute atomic E-state index is 12.4. The van der Waals surface area contributed by atoms with E-state index < -0.39 is 0 Å². The molecular weight excluding hydrogens is 402 g/mol. The first-order valence-electron chi connectivity index (χ1n) is 11.9. The molecule has 0 radical (unpaired) electrons. The molecule has 1 aromatic carbocycles. The number of carbonyl (C=O) groups is 1. The number of hydrogen-bond acceptors (Lipinski definition) is 6. The van der Waals surface area contributed by atoms with Gasteiger partial charge in [0.15, 0.2) is 5.82 Å². The van der Waals surface area contributed by atoms with Crippen molar-refractivity contribution in [1.29, 1.82) is 0 Å². The molecule has 2 unspecified atom stereocenters. The van der Waals surface area contributed by atoms with Gasteiger partial charge in [-0.05, 0) is 62.2 Å².